The Bertz CT molecular complexity index is 477. The van der Waals surface area contributed by atoms with Crippen LogP contribution in [0.15, 0.2) is 52.9 Å². The molecule has 80 valence electrons. The molecule has 1 aromatic carbocycles. The highest BCUT2D eigenvalue weighted by molar-refractivity contribution is 7.12. The first kappa shape index (κ1) is 10.6. The largest absolute Gasteiger partial charge is 0.281 e. The van der Waals surface area contributed by atoms with Crippen LogP contribution in [0.2, 0.25) is 0 Å². The number of rotatable bonds is 3. The van der Waals surface area contributed by atoms with Crippen molar-refractivity contribution in [2.24, 2.45) is 5.10 Å². The van der Waals surface area contributed by atoms with Gasteiger partial charge in [-0.2, -0.15) is 5.10 Å². The number of benzene rings is 1. The predicted octanol–water partition coefficient (Wildman–Crippen LogP) is 2.51. The molecule has 1 heterocycles. The summed E-state index contributed by atoms with van der Waals surface area (Å²) in [4.78, 5) is 12.1. The third kappa shape index (κ3) is 2.77. The Balaban J connectivity index is 1.93. The van der Waals surface area contributed by atoms with Crippen LogP contribution < -0.4 is 5.43 Å². The van der Waals surface area contributed by atoms with Gasteiger partial charge >= 0.3 is 0 Å². The number of nitrogens with zero attached hydrogens (tertiary/aromatic N) is 1. The Morgan fingerprint density at radius 1 is 1.19 bits per heavy atom. The molecule has 0 unspecified atom stereocenters. The van der Waals surface area contributed by atoms with Crippen LogP contribution in [0.1, 0.15) is 15.2 Å². The molecule has 0 spiro atoms. The number of amides is 1. The zero-order valence-corrected chi connectivity index (χ0v) is 9.28. The zero-order chi connectivity index (χ0) is 11.2. The van der Waals surface area contributed by atoms with Gasteiger partial charge in [-0.25, -0.2) is 5.43 Å². The van der Waals surface area contributed by atoms with Crippen LogP contribution in [-0.4, -0.2) is 12.1 Å². The summed E-state index contributed by atoms with van der Waals surface area (Å²) >= 11 is 1.39. The molecule has 1 amide bonds. The summed E-state index contributed by atoms with van der Waals surface area (Å²) in [5.74, 6) is -0.179. The minimum Gasteiger partial charge on any atom is -0.266 e. The first-order valence-electron chi connectivity index (χ1n) is 4.78. The number of thiophene rings is 1. The van der Waals surface area contributed by atoms with Crippen molar-refractivity contribution in [1.82, 2.24) is 5.43 Å². The summed E-state index contributed by atoms with van der Waals surface area (Å²) < 4.78 is 0. The minimum atomic E-state index is -0.179. The molecule has 16 heavy (non-hydrogen) atoms. The molecule has 0 aliphatic carbocycles. The Kier molecular flexibility index (Phi) is 3.46. The molecule has 0 fully saturated rings. The van der Waals surface area contributed by atoms with E-state index in [0.29, 0.717) is 4.88 Å². The maximum absolute atomic E-state index is 11.5. The van der Waals surface area contributed by atoms with E-state index in [9.17, 15) is 4.79 Å². The molecule has 0 radical (unpaired) electrons. The molecule has 0 aliphatic rings. The summed E-state index contributed by atoms with van der Waals surface area (Å²) in [6.45, 7) is 0. The maximum Gasteiger partial charge on any atom is 0.281 e. The van der Waals surface area contributed by atoms with Crippen molar-refractivity contribution in [3.8, 4) is 0 Å². The fourth-order valence-electron chi connectivity index (χ4n) is 1.17. The summed E-state index contributed by atoms with van der Waals surface area (Å²) in [5, 5.41) is 5.74. The van der Waals surface area contributed by atoms with Crippen molar-refractivity contribution in [3.05, 3.63) is 58.3 Å². The Morgan fingerprint density at radius 2 is 2.00 bits per heavy atom. The standard InChI is InChI=1S/C12H10N2OS/c15-12(11-7-4-8-16-11)14-13-9-10-5-2-1-3-6-10/h1-9H,(H,14,15)/b13-9-. The number of hydrogen-bond acceptors (Lipinski definition) is 3. The SMILES string of the molecule is O=C(N/N=C\c1ccccc1)c1cccs1. The summed E-state index contributed by atoms with van der Waals surface area (Å²) in [7, 11) is 0. The van der Waals surface area contributed by atoms with E-state index in [1.54, 1.807) is 12.3 Å². The van der Waals surface area contributed by atoms with E-state index in [0.717, 1.165) is 5.56 Å². The van der Waals surface area contributed by atoms with Crippen LogP contribution in [0.25, 0.3) is 0 Å². The van der Waals surface area contributed by atoms with E-state index >= 15 is 0 Å². The second kappa shape index (κ2) is 5.23. The van der Waals surface area contributed by atoms with Gasteiger partial charge in [-0.15, -0.1) is 11.3 Å². The van der Waals surface area contributed by atoms with Gasteiger partial charge in [0.05, 0.1) is 11.1 Å². The first-order chi connectivity index (χ1) is 7.86. The predicted molar refractivity (Wildman–Crippen MR) is 65.8 cm³/mol. The smallest absolute Gasteiger partial charge is 0.266 e. The van der Waals surface area contributed by atoms with Gasteiger partial charge in [0.25, 0.3) is 5.91 Å². The number of carbonyl (C=O) groups is 1. The van der Waals surface area contributed by atoms with Crippen LogP contribution in [0.3, 0.4) is 0 Å². The first-order valence-corrected chi connectivity index (χ1v) is 5.66. The quantitative estimate of drug-likeness (QED) is 0.639. The highest BCUT2D eigenvalue weighted by atomic mass is 32.1. The van der Waals surface area contributed by atoms with E-state index in [2.05, 4.69) is 10.5 Å². The molecular formula is C12H10N2OS. The molecule has 4 heteroatoms. The summed E-state index contributed by atoms with van der Waals surface area (Å²) in [6, 6.07) is 13.2. The van der Waals surface area contributed by atoms with Crippen LogP contribution in [0.4, 0.5) is 0 Å². The average Bonchev–Trinajstić information content (AvgIpc) is 2.84. The molecule has 2 aromatic rings. The lowest BCUT2D eigenvalue weighted by molar-refractivity contribution is 0.0959. The van der Waals surface area contributed by atoms with Crippen LogP contribution in [-0.2, 0) is 0 Å². The second-order valence-corrected chi connectivity index (χ2v) is 4.03. The zero-order valence-electron chi connectivity index (χ0n) is 8.46. The summed E-state index contributed by atoms with van der Waals surface area (Å²) in [6.07, 6.45) is 1.62. The Morgan fingerprint density at radius 3 is 2.69 bits per heavy atom. The number of hydrazone groups is 1. The van der Waals surface area contributed by atoms with Crippen LogP contribution >= 0.6 is 11.3 Å². The van der Waals surface area contributed by atoms with Gasteiger partial charge in [-0.3, -0.25) is 4.79 Å². The topological polar surface area (TPSA) is 41.5 Å². The highest BCUT2D eigenvalue weighted by Gasteiger charge is 2.03. The molecule has 0 aliphatic heterocycles. The molecule has 2 rings (SSSR count). The molecule has 0 saturated heterocycles. The van der Waals surface area contributed by atoms with Crippen LogP contribution in [0, 0.1) is 0 Å². The van der Waals surface area contributed by atoms with Gasteiger partial charge in [0, 0.05) is 0 Å². The van der Waals surface area contributed by atoms with Gasteiger partial charge in [0.1, 0.15) is 0 Å². The van der Waals surface area contributed by atoms with E-state index < -0.39 is 0 Å². The van der Waals surface area contributed by atoms with E-state index in [1.807, 2.05) is 41.8 Å². The second-order valence-electron chi connectivity index (χ2n) is 3.09. The number of carbonyl (C=O) groups excluding carboxylic acids is 1. The third-order valence-corrected chi connectivity index (χ3v) is 2.79. The molecular weight excluding hydrogens is 220 g/mol. The van der Waals surface area contributed by atoms with Gasteiger partial charge < -0.3 is 0 Å². The minimum absolute atomic E-state index is 0.179. The van der Waals surface area contributed by atoms with Gasteiger partial charge in [0.15, 0.2) is 0 Å². The van der Waals surface area contributed by atoms with Crippen molar-refractivity contribution in [3.63, 3.8) is 0 Å². The van der Waals surface area contributed by atoms with Gasteiger partial charge in [0.2, 0.25) is 0 Å². The Hall–Kier alpha value is -1.94. The lowest BCUT2D eigenvalue weighted by Crippen LogP contribution is -2.15. The van der Waals surface area contributed by atoms with E-state index in [4.69, 9.17) is 0 Å². The fraction of sp³-hybridized carbons (Fsp3) is 0. The molecule has 1 aromatic heterocycles. The third-order valence-electron chi connectivity index (χ3n) is 1.92. The molecule has 3 nitrogen and oxygen atoms in total. The molecule has 0 atom stereocenters. The monoisotopic (exact) mass is 230 g/mol. The molecule has 0 saturated carbocycles. The van der Waals surface area contributed by atoms with Crippen molar-refractivity contribution in [2.45, 2.75) is 0 Å². The van der Waals surface area contributed by atoms with Gasteiger partial charge in [-0.05, 0) is 17.0 Å². The normalized spacial score (nSPS) is 10.5. The van der Waals surface area contributed by atoms with Crippen molar-refractivity contribution >= 4 is 23.5 Å². The molecule has 0 bridgehead atoms. The highest BCUT2D eigenvalue weighted by Crippen LogP contribution is 2.07. The van der Waals surface area contributed by atoms with E-state index in [-0.39, 0.29) is 5.91 Å². The van der Waals surface area contributed by atoms with E-state index in [1.165, 1.54) is 11.3 Å². The average molecular weight is 230 g/mol. The number of nitrogens with one attached hydrogen (secondary N) is 1. The lowest BCUT2D eigenvalue weighted by Gasteiger charge is -1.95. The van der Waals surface area contributed by atoms with Crippen molar-refractivity contribution in [1.29, 1.82) is 0 Å². The lowest BCUT2D eigenvalue weighted by atomic mass is 10.2. The van der Waals surface area contributed by atoms with Crippen molar-refractivity contribution < 1.29 is 4.79 Å². The van der Waals surface area contributed by atoms with Crippen LogP contribution in [0.5, 0.6) is 0 Å². The Labute approximate surface area is 97.4 Å². The number of hydrogen-bond donors (Lipinski definition) is 1. The van der Waals surface area contributed by atoms with Gasteiger partial charge in [-0.1, -0.05) is 36.4 Å². The summed E-state index contributed by atoms with van der Waals surface area (Å²) in [5.41, 5.74) is 3.43. The maximum atomic E-state index is 11.5. The fourth-order valence-corrected chi connectivity index (χ4v) is 1.78. The molecule has 1 N–H and O–H groups in total. The van der Waals surface area contributed by atoms with Crippen molar-refractivity contribution in [2.75, 3.05) is 0 Å².